The number of piperazine rings is 1. The van der Waals surface area contributed by atoms with E-state index in [1.807, 2.05) is 6.92 Å². The van der Waals surface area contributed by atoms with Crippen molar-refractivity contribution >= 4 is 21.4 Å². The molecule has 0 aliphatic carbocycles. The average molecular weight is 421 g/mol. The highest BCUT2D eigenvalue weighted by Gasteiger charge is 2.30. The number of sulfone groups is 1. The highest BCUT2D eigenvalue weighted by atomic mass is 32.2. The van der Waals surface area contributed by atoms with Crippen LogP contribution in [0, 0.1) is 15.9 Å². The number of nitro groups is 1. The molecule has 0 atom stereocenters. The van der Waals surface area contributed by atoms with E-state index in [1.54, 1.807) is 4.90 Å². The lowest BCUT2D eigenvalue weighted by Crippen LogP contribution is -2.48. The minimum absolute atomic E-state index is 0.0553. The number of halogens is 1. The summed E-state index contributed by atoms with van der Waals surface area (Å²) in [6, 6.07) is 7.34. The van der Waals surface area contributed by atoms with Gasteiger partial charge in [-0.3, -0.25) is 14.9 Å². The molecule has 1 fully saturated rings. The van der Waals surface area contributed by atoms with Gasteiger partial charge in [-0.15, -0.1) is 0 Å². The monoisotopic (exact) mass is 421 g/mol. The molecule has 0 saturated carbocycles. The number of amides is 1. The number of nitrogens with zero attached hydrogens (tertiary/aromatic N) is 3. The van der Waals surface area contributed by atoms with Crippen LogP contribution in [0.5, 0.6) is 0 Å². The van der Waals surface area contributed by atoms with Gasteiger partial charge in [0.25, 0.3) is 11.6 Å². The van der Waals surface area contributed by atoms with E-state index < -0.39 is 31.2 Å². The van der Waals surface area contributed by atoms with Gasteiger partial charge in [-0.05, 0) is 42.9 Å². The summed E-state index contributed by atoms with van der Waals surface area (Å²) in [5.74, 6) is -1.00. The molecule has 2 aromatic rings. The summed E-state index contributed by atoms with van der Waals surface area (Å²) in [6.45, 7) is 5.32. The maximum absolute atomic E-state index is 13.1. The van der Waals surface area contributed by atoms with Crippen molar-refractivity contribution < 1.29 is 22.5 Å². The van der Waals surface area contributed by atoms with Gasteiger partial charge in [-0.2, -0.15) is 0 Å². The Balaban J connectivity index is 1.94. The molecule has 0 unspecified atom stereocenters. The van der Waals surface area contributed by atoms with Crippen molar-refractivity contribution in [1.29, 1.82) is 0 Å². The van der Waals surface area contributed by atoms with E-state index in [0.29, 0.717) is 26.2 Å². The molecule has 2 aromatic carbocycles. The molecule has 0 bridgehead atoms. The molecule has 29 heavy (non-hydrogen) atoms. The van der Waals surface area contributed by atoms with Crippen molar-refractivity contribution in [2.24, 2.45) is 0 Å². The van der Waals surface area contributed by atoms with Crippen molar-refractivity contribution in [3.8, 4) is 0 Å². The molecule has 1 saturated heterocycles. The fourth-order valence-corrected chi connectivity index (χ4v) is 4.62. The number of likely N-dealkylation sites (N-methyl/N-ethyl adjacent to an activating group) is 1. The highest BCUT2D eigenvalue weighted by Crippen LogP contribution is 2.30. The second-order valence-electron chi connectivity index (χ2n) is 6.62. The molecule has 1 heterocycles. The fourth-order valence-electron chi connectivity index (χ4n) is 3.21. The standard InChI is InChI=1S/C19H20FN3O5S/c1-2-21-9-11-22(12-10-21)19(24)14-3-8-18(17(13-14)23(25)26)29(27,28)16-6-4-15(20)5-7-16/h3-8,13H,2,9-12H2,1H3. The van der Waals surface area contributed by atoms with Gasteiger partial charge >= 0.3 is 0 Å². The van der Waals surface area contributed by atoms with E-state index in [9.17, 15) is 27.7 Å². The average Bonchev–Trinajstić information content (AvgIpc) is 2.73. The highest BCUT2D eigenvalue weighted by molar-refractivity contribution is 7.91. The summed E-state index contributed by atoms with van der Waals surface area (Å²) in [7, 11) is -4.25. The number of hydrogen-bond donors (Lipinski definition) is 0. The Morgan fingerprint density at radius 1 is 1.10 bits per heavy atom. The van der Waals surface area contributed by atoms with E-state index in [2.05, 4.69) is 4.90 Å². The molecular formula is C19H20FN3O5S. The molecule has 10 heteroatoms. The van der Waals surface area contributed by atoms with Crippen LogP contribution in [-0.2, 0) is 9.84 Å². The topological polar surface area (TPSA) is 101 Å². The summed E-state index contributed by atoms with van der Waals surface area (Å²) >= 11 is 0. The van der Waals surface area contributed by atoms with Crippen LogP contribution in [0.1, 0.15) is 17.3 Å². The minimum Gasteiger partial charge on any atom is -0.336 e. The van der Waals surface area contributed by atoms with Gasteiger partial charge in [-0.25, -0.2) is 12.8 Å². The maximum Gasteiger partial charge on any atom is 0.289 e. The quantitative estimate of drug-likeness (QED) is 0.417. The number of hydrogen-bond acceptors (Lipinski definition) is 6. The van der Waals surface area contributed by atoms with Gasteiger partial charge < -0.3 is 9.80 Å². The molecule has 3 rings (SSSR count). The molecule has 0 radical (unpaired) electrons. The molecule has 0 N–H and O–H groups in total. The number of carbonyl (C=O) groups is 1. The third-order valence-corrected chi connectivity index (χ3v) is 6.74. The van der Waals surface area contributed by atoms with E-state index in [4.69, 9.17) is 0 Å². The lowest BCUT2D eigenvalue weighted by molar-refractivity contribution is -0.387. The largest absolute Gasteiger partial charge is 0.336 e. The second kappa shape index (κ2) is 8.26. The lowest BCUT2D eigenvalue weighted by Gasteiger charge is -2.34. The van der Waals surface area contributed by atoms with Crippen LogP contribution in [-0.4, -0.2) is 61.8 Å². The Morgan fingerprint density at radius 2 is 1.72 bits per heavy atom. The van der Waals surface area contributed by atoms with Crippen LogP contribution in [0.15, 0.2) is 52.3 Å². The first kappa shape index (κ1) is 20.9. The van der Waals surface area contributed by atoms with Crippen molar-refractivity contribution in [2.75, 3.05) is 32.7 Å². The molecule has 1 aliphatic heterocycles. The smallest absolute Gasteiger partial charge is 0.289 e. The number of carbonyl (C=O) groups excluding carboxylic acids is 1. The van der Waals surface area contributed by atoms with Gasteiger partial charge in [0.1, 0.15) is 10.7 Å². The van der Waals surface area contributed by atoms with Crippen LogP contribution in [0.4, 0.5) is 10.1 Å². The van der Waals surface area contributed by atoms with Gasteiger partial charge in [0.15, 0.2) is 0 Å². The molecule has 1 aliphatic rings. The zero-order valence-electron chi connectivity index (χ0n) is 15.7. The van der Waals surface area contributed by atoms with E-state index in [1.165, 1.54) is 6.07 Å². The minimum atomic E-state index is -4.25. The van der Waals surface area contributed by atoms with Gasteiger partial charge in [0, 0.05) is 37.8 Å². The number of nitro benzene ring substituents is 1. The first-order chi connectivity index (χ1) is 13.7. The van der Waals surface area contributed by atoms with Crippen molar-refractivity contribution in [3.63, 3.8) is 0 Å². The van der Waals surface area contributed by atoms with Crippen molar-refractivity contribution in [2.45, 2.75) is 16.7 Å². The number of benzene rings is 2. The third-order valence-electron chi connectivity index (χ3n) is 4.92. The predicted molar refractivity (Wildman–Crippen MR) is 103 cm³/mol. The maximum atomic E-state index is 13.1. The van der Waals surface area contributed by atoms with E-state index in [0.717, 1.165) is 42.9 Å². The molecule has 0 spiro atoms. The summed E-state index contributed by atoms with van der Waals surface area (Å²) in [4.78, 5) is 26.4. The van der Waals surface area contributed by atoms with Gasteiger partial charge in [-0.1, -0.05) is 6.92 Å². The zero-order chi connectivity index (χ0) is 21.2. The zero-order valence-corrected chi connectivity index (χ0v) is 16.6. The number of rotatable bonds is 5. The first-order valence-corrected chi connectivity index (χ1v) is 10.5. The summed E-state index contributed by atoms with van der Waals surface area (Å²) in [6.07, 6.45) is 0. The van der Waals surface area contributed by atoms with Crippen molar-refractivity contribution in [1.82, 2.24) is 9.80 Å². The Kier molecular flexibility index (Phi) is 5.94. The Bertz CT molecular complexity index is 1030. The SMILES string of the molecule is CCN1CCN(C(=O)c2ccc(S(=O)(=O)c3ccc(F)cc3)c([N+](=O)[O-])c2)CC1. The second-order valence-corrected chi connectivity index (χ2v) is 8.54. The molecular weight excluding hydrogens is 401 g/mol. The van der Waals surface area contributed by atoms with Crippen molar-refractivity contribution in [3.05, 3.63) is 64.0 Å². The van der Waals surface area contributed by atoms with Crippen LogP contribution < -0.4 is 0 Å². The van der Waals surface area contributed by atoms with Crippen LogP contribution in [0.3, 0.4) is 0 Å². The Hall–Kier alpha value is -2.85. The lowest BCUT2D eigenvalue weighted by atomic mass is 10.1. The summed E-state index contributed by atoms with van der Waals surface area (Å²) in [5.41, 5.74) is -0.632. The fraction of sp³-hybridized carbons (Fsp3) is 0.316. The van der Waals surface area contributed by atoms with E-state index in [-0.39, 0.29) is 16.4 Å². The molecule has 1 amide bonds. The predicted octanol–water partition coefficient (Wildman–Crippen LogP) is 2.34. The van der Waals surface area contributed by atoms with E-state index >= 15 is 0 Å². The summed E-state index contributed by atoms with van der Waals surface area (Å²) < 4.78 is 38.7. The summed E-state index contributed by atoms with van der Waals surface area (Å²) in [5, 5.41) is 11.5. The molecule has 8 nitrogen and oxygen atoms in total. The van der Waals surface area contributed by atoms with Gasteiger partial charge in [0.2, 0.25) is 9.84 Å². The normalized spacial score (nSPS) is 15.3. The molecule has 154 valence electrons. The molecule has 0 aromatic heterocycles. The van der Waals surface area contributed by atoms with Gasteiger partial charge in [0.05, 0.1) is 9.82 Å². The van der Waals surface area contributed by atoms with Crippen LogP contribution in [0.25, 0.3) is 0 Å². The van der Waals surface area contributed by atoms with Crippen LogP contribution in [0.2, 0.25) is 0 Å². The first-order valence-electron chi connectivity index (χ1n) is 9.04. The Labute approximate surface area is 167 Å². The Morgan fingerprint density at radius 3 is 2.28 bits per heavy atom. The van der Waals surface area contributed by atoms with Crippen LogP contribution >= 0.6 is 0 Å². The third kappa shape index (κ3) is 4.28.